The van der Waals surface area contributed by atoms with Crippen molar-refractivity contribution in [3.05, 3.63) is 53.6 Å². The van der Waals surface area contributed by atoms with Gasteiger partial charge < -0.3 is 26.0 Å². The Labute approximate surface area is 200 Å². The standard InChI is InChI=1S/C25H33N7O2/c1-3-27-21-15-29-25(32-10-5-4-6-11-32)31-22(21)23(26)30-20-13-19(8-7-17(20)2)24(33)28-14-18-9-12-34-16-18/h3,7-8,13,15,18,30H,1,4-6,9-12,14,16,26H2,2H3,(H,28,33)/b23-22-,27-21-. The van der Waals surface area contributed by atoms with Crippen LogP contribution in [0.1, 0.15) is 41.6 Å². The molecule has 1 unspecified atom stereocenters. The lowest BCUT2D eigenvalue weighted by Crippen LogP contribution is -2.37. The molecule has 0 aliphatic carbocycles. The van der Waals surface area contributed by atoms with E-state index < -0.39 is 0 Å². The van der Waals surface area contributed by atoms with Crippen molar-refractivity contribution in [1.29, 1.82) is 0 Å². The number of aliphatic imine (C=N–C) groups is 3. The zero-order valence-corrected chi connectivity index (χ0v) is 19.7. The van der Waals surface area contributed by atoms with Crippen LogP contribution >= 0.6 is 0 Å². The summed E-state index contributed by atoms with van der Waals surface area (Å²) in [6.07, 6.45) is 7.56. The number of rotatable bonds is 6. The number of likely N-dealkylation sites (tertiary alicyclic amines) is 1. The first kappa shape index (κ1) is 23.7. The highest BCUT2D eigenvalue weighted by Crippen LogP contribution is 2.21. The number of hydrogen-bond donors (Lipinski definition) is 3. The number of carbonyl (C=O) groups is 1. The molecule has 1 aromatic rings. The molecule has 0 bridgehead atoms. The predicted molar refractivity (Wildman–Crippen MR) is 136 cm³/mol. The lowest BCUT2D eigenvalue weighted by molar-refractivity contribution is 0.0945. The van der Waals surface area contributed by atoms with Crippen molar-refractivity contribution in [2.45, 2.75) is 32.6 Å². The normalized spacial score (nSPS) is 23.0. The van der Waals surface area contributed by atoms with Gasteiger partial charge >= 0.3 is 0 Å². The van der Waals surface area contributed by atoms with Gasteiger partial charge in [0.2, 0.25) is 5.96 Å². The third-order valence-corrected chi connectivity index (χ3v) is 6.23. The van der Waals surface area contributed by atoms with Gasteiger partial charge in [-0.25, -0.2) is 9.98 Å². The minimum absolute atomic E-state index is 0.120. The van der Waals surface area contributed by atoms with Gasteiger partial charge in [-0.1, -0.05) is 12.6 Å². The van der Waals surface area contributed by atoms with Crippen LogP contribution in [0.25, 0.3) is 0 Å². The molecule has 0 radical (unpaired) electrons. The molecule has 9 heteroatoms. The highest BCUT2D eigenvalue weighted by molar-refractivity contribution is 6.41. The number of guanidine groups is 1. The second-order valence-corrected chi connectivity index (χ2v) is 8.77. The quantitative estimate of drug-likeness (QED) is 0.600. The van der Waals surface area contributed by atoms with Gasteiger partial charge in [0.15, 0.2) is 0 Å². The van der Waals surface area contributed by atoms with E-state index in [1.807, 2.05) is 19.1 Å². The van der Waals surface area contributed by atoms with Gasteiger partial charge in [-0.2, -0.15) is 0 Å². The van der Waals surface area contributed by atoms with Gasteiger partial charge in [-0.3, -0.25) is 9.79 Å². The van der Waals surface area contributed by atoms with E-state index in [9.17, 15) is 4.79 Å². The van der Waals surface area contributed by atoms with E-state index in [1.165, 1.54) is 12.6 Å². The zero-order valence-electron chi connectivity index (χ0n) is 19.7. The molecule has 3 aliphatic rings. The Hall–Kier alpha value is -3.46. The molecule has 9 nitrogen and oxygen atoms in total. The van der Waals surface area contributed by atoms with E-state index in [-0.39, 0.29) is 5.91 Å². The lowest BCUT2D eigenvalue weighted by Gasteiger charge is -2.29. The van der Waals surface area contributed by atoms with Crippen molar-refractivity contribution in [2.24, 2.45) is 26.6 Å². The molecule has 4 N–H and O–H groups in total. The SMILES string of the molecule is C=C/N=C1/C=NC(N2CCCCC2)=N/C1=C(/N)Nc1cc(C(=O)NCC2CCOC2)ccc1C. The molecule has 0 spiro atoms. The number of nitrogens with zero attached hydrogens (tertiary/aromatic N) is 4. The van der Waals surface area contributed by atoms with Crippen LogP contribution in [0.4, 0.5) is 5.69 Å². The molecule has 4 rings (SSSR count). The van der Waals surface area contributed by atoms with Crippen molar-refractivity contribution >= 4 is 29.5 Å². The van der Waals surface area contributed by atoms with Gasteiger partial charge in [0.05, 0.1) is 12.8 Å². The molecular weight excluding hydrogens is 430 g/mol. The first-order valence-electron chi connectivity index (χ1n) is 11.9. The van der Waals surface area contributed by atoms with E-state index in [2.05, 4.69) is 32.1 Å². The molecule has 2 fully saturated rings. The highest BCUT2D eigenvalue weighted by Gasteiger charge is 2.22. The van der Waals surface area contributed by atoms with E-state index >= 15 is 0 Å². The molecule has 3 heterocycles. The van der Waals surface area contributed by atoms with Gasteiger partial charge in [0.25, 0.3) is 5.91 Å². The average molecular weight is 464 g/mol. The molecule has 0 saturated carbocycles. The minimum atomic E-state index is -0.120. The largest absolute Gasteiger partial charge is 0.383 e. The first-order valence-corrected chi connectivity index (χ1v) is 11.9. The molecule has 34 heavy (non-hydrogen) atoms. The van der Waals surface area contributed by atoms with Gasteiger partial charge in [0.1, 0.15) is 17.2 Å². The zero-order chi connectivity index (χ0) is 23.9. The second kappa shape index (κ2) is 11.1. The first-order chi connectivity index (χ1) is 16.5. The number of piperidine rings is 1. The number of ether oxygens (including phenoxy) is 1. The van der Waals surface area contributed by atoms with E-state index in [1.54, 1.807) is 12.3 Å². The van der Waals surface area contributed by atoms with Crippen LogP contribution in [-0.2, 0) is 4.74 Å². The van der Waals surface area contributed by atoms with Crippen molar-refractivity contribution in [3.8, 4) is 0 Å². The average Bonchev–Trinajstić information content (AvgIpc) is 3.38. The summed E-state index contributed by atoms with van der Waals surface area (Å²) in [4.78, 5) is 28.4. The number of aryl methyl sites for hydroxylation is 1. The van der Waals surface area contributed by atoms with Gasteiger partial charge in [0, 0.05) is 49.6 Å². The fourth-order valence-electron chi connectivity index (χ4n) is 4.19. The number of amides is 1. The van der Waals surface area contributed by atoms with Crippen molar-refractivity contribution in [2.75, 3.05) is 38.2 Å². The molecule has 2 saturated heterocycles. The monoisotopic (exact) mass is 463 g/mol. The summed E-state index contributed by atoms with van der Waals surface area (Å²) >= 11 is 0. The molecule has 0 aromatic heterocycles. The van der Waals surface area contributed by atoms with E-state index in [0.717, 1.165) is 50.2 Å². The van der Waals surface area contributed by atoms with Crippen LogP contribution in [0.5, 0.6) is 0 Å². The van der Waals surface area contributed by atoms with Crippen LogP contribution in [0.15, 0.2) is 57.5 Å². The predicted octanol–water partition coefficient (Wildman–Crippen LogP) is 2.81. The highest BCUT2D eigenvalue weighted by atomic mass is 16.5. The summed E-state index contributed by atoms with van der Waals surface area (Å²) in [6, 6.07) is 5.52. The lowest BCUT2D eigenvalue weighted by atomic mass is 10.1. The number of anilines is 1. The summed E-state index contributed by atoms with van der Waals surface area (Å²) in [5.74, 6) is 1.23. The third-order valence-electron chi connectivity index (χ3n) is 6.23. The minimum Gasteiger partial charge on any atom is -0.383 e. The second-order valence-electron chi connectivity index (χ2n) is 8.77. The number of carbonyl (C=O) groups excluding carboxylic acids is 1. The molecule has 180 valence electrons. The smallest absolute Gasteiger partial charge is 0.251 e. The number of nitrogens with one attached hydrogen (secondary N) is 2. The summed E-state index contributed by atoms with van der Waals surface area (Å²) in [6.45, 7) is 9.56. The van der Waals surface area contributed by atoms with Crippen molar-refractivity contribution in [1.82, 2.24) is 10.2 Å². The Morgan fingerprint density at radius 1 is 1.35 bits per heavy atom. The van der Waals surface area contributed by atoms with Crippen LogP contribution in [0.3, 0.4) is 0 Å². The van der Waals surface area contributed by atoms with E-state index in [4.69, 9.17) is 15.5 Å². The fourth-order valence-corrected chi connectivity index (χ4v) is 4.19. The topological polar surface area (TPSA) is 117 Å². The van der Waals surface area contributed by atoms with Crippen molar-refractivity contribution in [3.63, 3.8) is 0 Å². The number of allylic oxidation sites excluding steroid dienone is 1. The Bertz CT molecular complexity index is 1050. The molecular formula is C25H33N7O2. The summed E-state index contributed by atoms with van der Waals surface area (Å²) in [7, 11) is 0. The number of nitrogens with two attached hydrogens (primary N) is 1. The summed E-state index contributed by atoms with van der Waals surface area (Å²) in [5, 5.41) is 6.24. The Kier molecular flexibility index (Phi) is 7.74. The molecule has 1 atom stereocenters. The third kappa shape index (κ3) is 5.72. The molecule has 1 aromatic carbocycles. The van der Waals surface area contributed by atoms with Gasteiger partial charge in [-0.15, -0.1) is 0 Å². The summed E-state index contributed by atoms with van der Waals surface area (Å²) < 4.78 is 5.38. The number of benzene rings is 1. The maximum absolute atomic E-state index is 12.7. The maximum atomic E-state index is 12.7. The number of hydrogen-bond acceptors (Lipinski definition) is 8. The van der Waals surface area contributed by atoms with Crippen molar-refractivity contribution < 1.29 is 9.53 Å². The Balaban J connectivity index is 1.54. The Morgan fingerprint density at radius 2 is 2.18 bits per heavy atom. The van der Waals surface area contributed by atoms with Crippen LogP contribution in [-0.4, -0.2) is 61.5 Å². The van der Waals surface area contributed by atoms with Crippen LogP contribution < -0.4 is 16.4 Å². The molecule has 1 amide bonds. The van der Waals surface area contributed by atoms with Gasteiger partial charge in [-0.05, 0) is 50.3 Å². The fraction of sp³-hybridized carbons (Fsp3) is 0.440. The molecule has 3 aliphatic heterocycles. The maximum Gasteiger partial charge on any atom is 0.251 e. The van der Waals surface area contributed by atoms with E-state index in [0.29, 0.717) is 47.8 Å². The Morgan fingerprint density at radius 3 is 2.91 bits per heavy atom. The summed E-state index contributed by atoms with van der Waals surface area (Å²) in [5.41, 5.74) is 9.77. The van der Waals surface area contributed by atoms with Crippen LogP contribution in [0.2, 0.25) is 0 Å². The van der Waals surface area contributed by atoms with Crippen LogP contribution in [0, 0.1) is 12.8 Å².